The van der Waals surface area contributed by atoms with Gasteiger partial charge in [0.15, 0.2) is 6.10 Å². The summed E-state index contributed by atoms with van der Waals surface area (Å²) in [5, 5.41) is 0. The molecule has 0 unspecified atom stereocenters. The molecule has 0 rings (SSSR count). The van der Waals surface area contributed by atoms with Gasteiger partial charge in [-0.25, -0.2) is 0 Å². The molecule has 0 aromatic carbocycles. The van der Waals surface area contributed by atoms with Crippen LogP contribution in [0.2, 0.25) is 0 Å². The number of hydrogen-bond acceptors (Lipinski definition) is 6. The molecule has 0 bridgehead atoms. The van der Waals surface area contributed by atoms with E-state index in [1.807, 2.05) is 0 Å². The summed E-state index contributed by atoms with van der Waals surface area (Å²) in [4.78, 5) is 38.2. The van der Waals surface area contributed by atoms with Crippen molar-refractivity contribution in [1.29, 1.82) is 0 Å². The molecular formula is C65H114O6. The topological polar surface area (TPSA) is 78.9 Å². The van der Waals surface area contributed by atoms with E-state index in [0.29, 0.717) is 19.3 Å². The number of allylic oxidation sites excluding steroid dienone is 12. The molecule has 0 heterocycles. The van der Waals surface area contributed by atoms with Crippen LogP contribution < -0.4 is 0 Å². The molecule has 0 N–H and O–H groups in total. The Balaban J connectivity index is 4.42. The lowest BCUT2D eigenvalue weighted by molar-refractivity contribution is -0.167. The van der Waals surface area contributed by atoms with Gasteiger partial charge in [-0.1, -0.05) is 267 Å². The Hall–Kier alpha value is -3.15. The predicted molar refractivity (Wildman–Crippen MR) is 307 cm³/mol. The Bertz CT molecular complexity index is 1320. The molecule has 0 amide bonds. The molecule has 0 aromatic rings. The summed E-state index contributed by atoms with van der Waals surface area (Å²) in [5.41, 5.74) is 0. The van der Waals surface area contributed by atoms with E-state index in [1.165, 1.54) is 161 Å². The first-order valence-electron chi connectivity index (χ1n) is 30.4. The maximum Gasteiger partial charge on any atom is 0.306 e. The molecule has 410 valence electrons. The van der Waals surface area contributed by atoms with Crippen LogP contribution in [0.4, 0.5) is 0 Å². The zero-order chi connectivity index (χ0) is 51.4. The monoisotopic (exact) mass is 991 g/mol. The zero-order valence-corrected chi connectivity index (χ0v) is 47.0. The third-order valence-corrected chi connectivity index (χ3v) is 13.2. The lowest BCUT2D eigenvalue weighted by Crippen LogP contribution is -2.30. The fraction of sp³-hybridized carbons (Fsp3) is 0.769. The van der Waals surface area contributed by atoms with Gasteiger partial charge in [0.2, 0.25) is 0 Å². The van der Waals surface area contributed by atoms with E-state index >= 15 is 0 Å². The Kier molecular flexibility index (Phi) is 56.8. The molecule has 1 atom stereocenters. The molecule has 0 spiro atoms. The lowest BCUT2D eigenvalue weighted by Gasteiger charge is -2.18. The van der Waals surface area contributed by atoms with Crippen molar-refractivity contribution in [2.45, 2.75) is 309 Å². The Morgan fingerprint density at radius 2 is 0.549 bits per heavy atom. The van der Waals surface area contributed by atoms with Gasteiger partial charge in [0.25, 0.3) is 0 Å². The van der Waals surface area contributed by atoms with E-state index in [0.717, 1.165) is 103 Å². The number of carbonyl (C=O) groups is 3. The average molecular weight is 992 g/mol. The highest BCUT2D eigenvalue weighted by Crippen LogP contribution is 2.16. The molecule has 0 saturated heterocycles. The van der Waals surface area contributed by atoms with Gasteiger partial charge in [0.1, 0.15) is 13.2 Å². The van der Waals surface area contributed by atoms with Gasteiger partial charge in [-0.2, -0.15) is 0 Å². The maximum absolute atomic E-state index is 12.9. The van der Waals surface area contributed by atoms with Crippen molar-refractivity contribution in [3.63, 3.8) is 0 Å². The smallest absolute Gasteiger partial charge is 0.306 e. The lowest BCUT2D eigenvalue weighted by atomic mass is 10.0. The summed E-state index contributed by atoms with van der Waals surface area (Å²) < 4.78 is 16.9. The molecule has 71 heavy (non-hydrogen) atoms. The summed E-state index contributed by atoms with van der Waals surface area (Å²) in [6.07, 6.45) is 76.1. The highest BCUT2D eigenvalue weighted by atomic mass is 16.6. The van der Waals surface area contributed by atoms with E-state index in [-0.39, 0.29) is 31.1 Å². The van der Waals surface area contributed by atoms with Crippen molar-refractivity contribution in [3.05, 3.63) is 72.9 Å². The van der Waals surface area contributed by atoms with Crippen LogP contribution in [0.25, 0.3) is 0 Å². The highest BCUT2D eigenvalue weighted by molar-refractivity contribution is 5.71. The van der Waals surface area contributed by atoms with Crippen LogP contribution in [0.1, 0.15) is 303 Å². The van der Waals surface area contributed by atoms with Crippen LogP contribution in [-0.4, -0.2) is 37.2 Å². The van der Waals surface area contributed by atoms with E-state index in [1.54, 1.807) is 0 Å². The molecule has 0 aromatic heterocycles. The second kappa shape index (κ2) is 59.4. The van der Waals surface area contributed by atoms with Gasteiger partial charge in [-0.15, -0.1) is 0 Å². The molecule has 0 aliphatic heterocycles. The standard InChI is InChI=1S/C65H114O6/c1-4-7-10-13-16-19-22-25-28-30-32-34-37-40-43-46-49-52-55-58-64(67)70-61-62(60-69-63(66)57-54-51-48-45-42-39-36-27-24-21-18-15-12-9-6-3)71-65(68)59-56-53-50-47-44-41-38-35-33-31-29-26-23-20-17-14-11-8-5-2/h7,10,16,19,25,27-28,32,34,36,40,43,62H,4-6,8-9,11-15,17-18,20-24,26,29-31,33,35,37-39,41-42,44-61H2,1-3H3/b10-7-,19-16-,28-25-,34-32-,36-27-,43-40-/t62-/m0/s1. The number of ether oxygens (including phenoxy) is 3. The Morgan fingerprint density at radius 3 is 0.887 bits per heavy atom. The SMILES string of the molecule is CC/C=C\C/C=C\C/C=C\C/C=C\C/C=C\CCCCCC(=O)OC[C@H](COC(=O)CCCCCCC/C=C\CCCCCCCC)OC(=O)CCCCCCCCCCCCCCCCCCCCC. The highest BCUT2D eigenvalue weighted by Gasteiger charge is 2.19. The van der Waals surface area contributed by atoms with E-state index < -0.39 is 6.10 Å². The van der Waals surface area contributed by atoms with Crippen molar-refractivity contribution in [2.24, 2.45) is 0 Å². The van der Waals surface area contributed by atoms with Crippen molar-refractivity contribution < 1.29 is 28.6 Å². The summed E-state index contributed by atoms with van der Waals surface area (Å²) in [5.74, 6) is -0.915. The maximum atomic E-state index is 12.9. The number of hydrogen-bond donors (Lipinski definition) is 0. The third kappa shape index (κ3) is 57.6. The Labute approximate surface area is 440 Å². The summed E-state index contributed by atoms with van der Waals surface area (Å²) in [6, 6.07) is 0. The predicted octanol–water partition coefficient (Wildman–Crippen LogP) is 20.5. The minimum absolute atomic E-state index is 0.0879. The first-order valence-corrected chi connectivity index (χ1v) is 30.4. The number of esters is 3. The van der Waals surface area contributed by atoms with Crippen LogP contribution in [-0.2, 0) is 28.6 Å². The zero-order valence-electron chi connectivity index (χ0n) is 47.0. The summed E-state index contributed by atoms with van der Waals surface area (Å²) in [7, 11) is 0. The molecule has 6 heteroatoms. The summed E-state index contributed by atoms with van der Waals surface area (Å²) >= 11 is 0. The van der Waals surface area contributed by atoms with Gasteiger partial charge < -0.3 is 14.2 Å². The molecule has 0 fully saturated rings. The quantitative estimate of drug-likeness (QED) is 0.0261. The van der Waals surface area contributed by atoms with Crippen LogP contribution in [0.5, 0.6) is 0 Å². The first kappa shape index (κ1) is 67.8. The second-order valence-electron chi connectivity index (χ2n) is 20.2. The van der Waals surface area contributed by atoms with E-state index in [4.69, 9.17) is 14.2 Å². The normalized spacial score (nSPS) is 12.5. The fourth-order valence-corrected chi connectivity index (χ4v) is 8.64. The minimum atomic E-state index is -0.792. The summed E-state index contributed by atoms with van der Waals surface area (Å²) in [6.45, 7) is 6.52. The fourth-order valence-electron chi connectivity index (χ4n) is 8.64. The van der Waals surface area contributed by atoms with Crippen molar-refractivity contribution in [1.82, 2.24) is 0 Å². The molecule has 0 aliphatic carbocycles. The average Bonchev–Trinajstić information content (AvgIpc) is 3.37. The molecule has 0 saturated carbocycles. The van der Waals surface area contributed by atoms with Gasteiger partial charge in [-0.3, -0.25) is 14.4 Å². The first-order chi connectivity index (χ1) is 35.0. The van der Waals surface area contributed by atoms with E-state index in [9.17, 15) is 14.4 Å². The minimum Gasteiger partial charge on any atom is -0.462 e. The Morgan fingerprint density at radius 1 is 0.296 bits per heavy atom. The molecular weight excluding hydrogens is 877 g/mol. The van der Waals surface area contributed by atoms with Crippen molar-refractivity contribution in [3.8, 4) is 0 Å². The molecule has 0 radical (unpaired) electrons. The van der Waals surface area contributed by atoms with Crippen molar-refractivity contribution >= 4 is 17.9 Å². The largest absolute Gasteiger partial charge is 0.462 e. The molecule has 0 aliphatic rings. The number of rotatable bonds is 55. The van der Waals surface area contributed by atoms with Crippen LogP contribution in [0, 0.1) is 0 Å². The third-order valence-electron chi connectivity index (χ3n) is 13.2. The van der Waals surface area contributed by atoms with Gasteiger partial charge >= 0.3 is 17.9 Å². The van der Waals surface area contributed by atoms with Gasteiger partial charge in [-0.05, 0) is 89.9 Å². The molecule has 6 nitrogen and oxygen atoms in total. The second-order valence-corrected chi connectivity index (χ2v) is 20.2. The van der Waals surface area contributed by atoms with Gasteiger partial charge in [0.05, 0.1) is 0 Å². The van der Waals surface area contributed by atoms with Crippen LogP contribution in [0.15, 0.2) is 72.9 Å². The van der Waals surface area contributed by atoms with E-state index in [2.05, 4.69) is 93.7 Å². The van der Waals surface area contributed by atoms with Gasteiger partial charge in [0, 0.05) is 19.3 Å². The van der Waals surface area contributed by atoms with Crippen LogP contribution in [0.3, 0.4) is 0 Å². The number of unbranched alkanes of at least 4 members (excludes halogenated alkanes) is 32. The number of carbonyl (C=O) groups excluding carboxylic acids is 3. The van der Waals surface area contributed by atoms with Crippen molar-refractivity contribution in [2.75, 3.05) is 13.2 Å². The van der Waals surface area contributed by atoms with Crippen LogP contribution >= 0.6 is 0 Å².